The van der Waals surface area contributed by atoms with Crippen molar-refractivity contribution in [3.05, 3.63) is 47.3 Å². The van der Waals surface area contributed by atoms with Crippen molar-refractivity contribution in [1.82, 2.24) is 25.3 Å². The van der Waals surface area contributed by atoms with E-state index in [1.165, 1.54) is 41.3 Å². The number of nitrogens with zero attached hydrogens (tertiary/aromatic N) is 3. The van der Waals surface area contributed by atoms with Gasteiger partial charge in [0.05, 0.1) is 13.7 Å². The summed E-state index contributed by atoms with van der Waals surface area (Å²) in [6.07, 6.45) is 6.42. The lowest BCUT2D eigenvalue weighted by molar-refractivity contribution is -0.118. The van der Waals surface area contributed by atoms with Crippen molar-refractivity contribution in [3.63, 3.8) is 0 Å². The van der Waals surface area contributed by atoms with Gasteiger partial charge in [0, 0.05) is 25.2 Å². The van der Waals surface area contributed by atoms with Crippen LogP contribution in [0.5, 0.6) is 5.75 Å². The fourth-order valence-corrected chi connectivity index (χ4v) is 4.45. The van der Waals surface area contributed by atoms with Gasteiger partial charge in [-0.1, -0.05) is 25.0 Å². The monoisotopic (exact) mass is 469 g/mol. The number of likely N-dealkylation sites (N-methyl/N-ethyl adjacent to an activating group) is 1. The molecule has 2 heterocycles. The second kappa shape index (κ2) is 11.3. The van der Waals surface area contributed by atoms with E-state index < -0.39 is 5.54 Å². The summed E-state index contributed by atoms with van der Waals surface area (Å²) < 4.78 is 6.60. The maximum Gasteiger partial charge on any atom is 0.273 e. The standard InChI is InChI=1S/C19H22N4O4.C6H13N/c1-4-22-18(26)16-9-15(21-23(16)11-19(22,2)12-24)17(25)20-10-13-6-5-7-14(8-13)27-3;1-7-6-4-2-3-5-6/h5-9,12H,4,10-11H2,1-3H3,(H,20,25);6-7H,2-5H2,1H3. The molecule has 0 bridgehead atoms. The number of ether oxygens (including phenoxy) is 1. The Morgan fingerprint density at radius 1 is 1.29 bits per heavy atom. The maximum atomic E-state index is 12.7. The minimum atomic E-state index is -0.973. The third-order valence-corrected chi connectivity index (χ3v) is 6.48. The van der Waals surface area contributed by atoms with Crippen LogP contribution in [0.4, 0.5) is 0 Å². The van der Waals surface area contributed by atoms with Gasteiger partial charge in [0.15, 0.2) is 5.69 Å². The molecule has 9 heteroatoms. The number of benzene rings is 1. The van der Waals surface area contributed by atoms with Gasteiger partial charge in [-0.25, -0.2) is 0 Å². The fraction of sp³-hybridized carbons (Fsp3) is 0.520. The molecule has 0 radical (unpaired) electrons. The Morgan fingerprint density at radius 2 is 2.03 bits per heavy atom. The van der Waals surface area contributed by atoms with Crippen molar-refractivity contribution in [2.24, 2.45) is 0 Å². The lowest BCUT2D eigenvalue weighted by Crippen LogP contribution is -2.57. The van der Waals surface area contributed by atoms with Gasteiger partial charge in [0.1, 0.15) is 23.3 Å². The molecule has 0 saturated heterocycles. The first-order valence-corrected chi connectivity index (χ1v) is 11.8. The van der Waals surface area contributed by atoms with Crippen LogP contribution in [0.3, 0.4) is 0 Å². The fourth-order valence-electron chi connectivity index (χ4n) is 4.45. The summed E-state index contributed by atoms with van der Waals surface area (Å²) in [7, 11) is 3.63. The van der Waals surface area contributed by atoms with E-state index in [4.69, 9.17) is 4.74 Å². The van der Waals surface area contributed by atoms with Crippen LogP contribution in [0, 0.1) is 0 Å². The number of nitrogens with one attached hydrogen (secondary N) is 2. The molecule has 2 aromatic rings. The SMILES string of the molecule is CCN1C(=O)c2cc(C(=O)NCc3cccc(OC)c3)nn2CC1(C)C=O.CNC1CCCC1. The average Bonchev–Trinajstić information content (AvgIpc) is 3.53. The molecule has 1 saturated carbocycles. The van der Waals surface area contributed by atoms with Crippen molar-refractivity contribution in [3.8, 4) is 5.75 Å². The summed E-state index contributed by atoms with van der Waals surface area (Å²) in [4.78, 5) is 38.2. The summed E-state index contributed by atoms with van der Waals surface area (Å²) in [5.74, 6) is 0.0127. The van der Waals surface area contributed by atoms with Crippen LogP contribution in [-0.4, -0.2) is 65.1 Å². The van der Waals surface area contributed by atoms with E-state index in [0.29, 0.717) is 24.5 Å². The van der Waals surface area contributed by atoms with Crippen molar-refractivity contribution in [2.45, 2.75) is 64.2 Å². The molecule has 1 unspecified atom stereocenters. The molecule has 1 aliphatic heterocycles. The second-order valence-electron chi connectivity index (χ2n) is 8.90. The van der Waals surface area contributed by atoms with Crippen molar-refractivity contribution in [1.29, 1.82) is 0 Å². The molecule has 9 nitrogen and oxygen atoms in total. The van der Waals surface area contributed by atoms with Gasteiger partial charge >= 0.3 is 0 Å². The number of carbonyl (C=O) groups excluding carboxylic acids is 3. The molecule has 1 atom stereocenters. The first-order valence-electron chi connectivity index (χ1n) is 11.8. The Kier molecular flexibility index (Phi) is 8.44. The largest absolute Gasteiger partial charge is 0.497 e. The van der Waals surface area contributed by atoms with Gasteiger partial charge in [-0.15, -0.1) is 0 Å². The third-order valence-electron chi connectivity index (χ3n) is 6.48. The molecule has 184 valence electrons. The number of rotatable bonds is 7. The van der Waals surface area contributed by atoms with E-state index >= 15 is 0 Å². The lowest BCUT2D eigenvalue weighted by atomic mass is 9.98. The molecule has 2 amide bonds. The molecule has 0 spiro atoms. The molecule has 1 aromatic carbocycles. The topological polar surface area (TPSA) is 106 Å². The molecule has 1 fully saturated rings. The molecule has 2 N–H and O–H groups in total. The number of amides is 2. The Hall–Kier alpha value is -3.20. The molecular formula is C25H35N5O4. The van der Waals surface area contributed by atoms with Crippen molar-refractivity contribution >= 4 is 18.1 Å². The van der Waals surface area contributed by atoms with Crippen molar-refractivity contribution in [2.75, 3.05) is 20.7 Å². The van der Waals surface area contributed by atoms with E-state index in [1.54, 1.807) is 14.0 Å². The second-order valence-corrected chi connectivity index (χ2v) is 8.90. The van der Waals surface area contributed by atoms with E-state index in [1.807, 2.05) is 31.2 Å². The van der Waals surface area contributed by atoms with Gasteiger partial charge < -0.3 is 25.1 Å². The van der Waals surface area contributed by atoms with Gasteiger partial charge in [-0.3, -0.25) is 14.3 Å². The van der Waals surface area contributed by atoms with Crippen LogP contribution in [0.25, 0.3) is 0 Å². The zero-order valence-electron chi connectivity index (χ0n) is 20.5. The zero-order valence-corrected chi connectivity index (χ0v) is 20.5. The first kappa shape index (κ1) is 25.4. The highest BCUT2D eigenvalue weighted by Gasteiger charge is 2.42. The third kappa shape index (κ3) is 5.64. The zero-order chi connectivity index (χ0) is 24.7. The molecule has 1 aliphatic carbocycles. The van der Waals surface area contributed by atoms with E-state index in [9.17, 15) is 14.4 Å². The van der Waals surface area contributed by atoms with Gasteiger partial charge in [-0.05, 0) is 51.4 Å². The minimum absolute atomic E-state index is 0.146. The number of carbonyl (C=O) groups is 3. The summed E-state index contributed by atoms with van der Waals surface area (Å²) in [5, 5.41) is 10.3. The Balaban J connectivity index is 0.000000396. The minimum Gasteiger partial charge on any atom is -0.497 e. The van der Waals surface area contributed by atoms with E-state index in [0.717, 1.165) is 17.9 Å². The highest BCUT2D eigenvalue weighted by Crippen LogP contribution is 2.25. The predicted molar refractivity (Wildman–Crippen MR) is 129 cm³/mol. The highest BCUT2D eigenvalue weighted by molar-refractivity contribution is 5.99. The quantitative estimate of drug-likeness (QED) is 0.604. The average molecular weight is 470 g/mol. The van der Waals surface area contributed by atoms with Gasteiger partial charge in [0.25, 0.3) is 11.8 Å². The van der Waals surface area contributed by atoms with E-state index in [-0.39, 0.29) is 24.1 Å². The van der Waals surface area contributed by atoms with E-state index in [2.05, 4.69) is 22.8 Å². The van der Waals surface area contributed by atoms with Crippen LogP contribution in [0.15, 0.2) is 30.3 Å². The van der Waals surface area contributed by atoms with Gasteiger partial charge in [0.2, 0.25) is 0 Å². The number of hydrogen-bond donors (Lipinski definition) is 2. The lowest BCUT2D eigenvalue weighted by Gasteiger charge is -2.40. The summed E-state index contributed by atoms with van der Waals surface area (Å²) in [5.41, 5.74) is 0.364. The Bertz CT molecular complexity index is 1010. The number of fused-ring (bicyclic) bond motifs is 1. The van der Waals surface area contributed by atoms with Crippen LogP contribution < -0.4 is 15.4 Å². The Morgan fingerprint density at radius 3 is 2.62 bits per heavy atom. The highest BCUT2D eigenvalue weighted by atomic mass is 16.5. The summed E-state index contributed by atoms with van der Waals surface area (Å²) >= 11 is 0. The van der Waals surface area contributed by atoms with Crippen molar-refractivity contribution < 1.29 is 19.1 Å². The molecule has 4 rings (SSSR count). The summed E-state index contributed by atoms with van der Waals surface area (Å²) in [6.45, 7) is 4.42. The maximum absolute atomic E-state index is 12.7. The normalized spacial score (nSPS) is 19.8. The van der Waals surface area contributed by atoms with Crippen LogP contribution in [0.2, 0.25) is 0 Å². The summed E-state index contributed by atoms with van der Waals surface area (Å²) in [6, 6.07) is 9.68. The molecular weight excluding hydrogens is 434 g/mol. The molecule has 34 heavy (non-hydrogen) atoms. The predicted octanol–water partition coefficient (Wildman–Crippen LogP) is 2.40. The smallest absolute Gasteiger partial charge is 0.273 e. The number of aromatic nitrogens is 2. The van der Waals surface area contributed by atoms with Gasteiger partial charge in [-0.2, -0.15) is 5.10 Å². The van der Waals surface area contributed by atoms with Crippen LogP contribution >= 0.6 is 0 Å². The first-order chi connectivity index (χ1) is 16.3. The number of aldehydes is 1. The Labute approximate surface area is 200 Å². The molecule has 1 aromatic heterocycles. The van der Waals surface area contributed by atoms with Crippen LogP contribution in [0.1, 0.15) is 66.1 Å². The number of methoxy groups -OCH3 is 1. The number of hydrogen-bond acceptors (Lipinski definition) is 6. The van der Waals surface area contributed by atoms with Crippen LogP contribution in [-0.2, 0) is 17.9 Å². The molecule has 2 aliphatic rings.